The largest absolute Gasteiger partial charge is 0.444 e. The number of ketones is 1. The summed E-state index contributed by atoms with van der Waals surface area (Å²) >= 11 is 0. The average Bonchev–Trinajstić information content (AvgIpc) is 3.39. The zero-order valence-electron chi connectivity index (χ0n) is 28.6. The van der Waals surface area contributed by atoms with Crippen LogP contribution >= 0.6 is 0 Å². The average molecular weight is 708 g/mol. The summed E-state index contributed by atoms with van der Waals surface area (Å²) in [5.41, 5.74) is -2.22. The molecule has 2 saturated heterocycles. The molecule has 1 aliphatic carbocycles. The van der Waals surface area contributed by atoms with Crippen molar-refractivity contribution in [2.45, 2.75) is 115 Å². The predicted molar refractivity (Wildman–Crippen MR) is 172 cm³/mol. The summed E-state index contributed by atoms with van der Waals surface area (Å²) in [5, 5.41) is 12.1. The van der Waals surface area contributed by atoms with E-state index in [-0.39, 0.29) is 38.5 Å². The minimum Gasteiger partial charge on any atom is -0.444 e. The van der Waals surface area contributed by atoms with E-state index in [2.05, 4.69) is 21.1 Å². The second-order valence-electron chi connectivity index (χ2n) is 14.5. The third kappa shape index (κ3) is 8.74. The first kappa shape index (κ1) is 37.1. The molecule has 13 nitrogen and oxygen atoms in total. The van der Waals surface area contributed by atoms with Crippen LogP contribution in [0.25, 0.3) is 0 Å². The van der Waals surface area contributed by atoms with Gasteiger partial charge < -0.3 is 35.2 Å². The number of amides is 4. The van der Waals surface area contributed by atoms with Gasteiger partial charge in [-0.3, -0.25) is 19.2 Å². The van der Waals surface area contributed by atoms with Gasteiger partial charge in [0.15, 0.2) is 5.60 Å². The van der Waals surface area contributed by atoms with Crippen LogP contribution in [0.2, 0.25) is 0 Å². The molecule has 0 radical (unpaired) electrons. The highest BCUT2D eigenvalue weighted by molar-refractivity contribution is 6.38. The van der Waals surface area contributed by atoms with Crippen molar-refractivity contribution in [2.75, 3.05) is 19.8 Å². The van der Waals surface area contributed by atoms with Crippen LogP contribution in [-0.4, -0.2) is 95.8 Å². The van der Waals surface area contributed by atoms with Crippen molar-refractivity contribution in [3.05, 3.63) is 35.4 Å². The highest BCUT2D eigenvalue weighted by Crippen LogP contribution is 2.40. The molecule has 1 spiro atoms. The fraction of sp³-hybridized carbons (Fsp3) is 0.647. The minimum absolute atomic E-state index is 0.0599. The smallest absolute Gasteiger partial charge is 0.416 e. The molecule has 0 aromatic heterocycles. The molecule has 1 aromatic rings. The van der Waals surface area contributed by atoms with Gasteiger partial charge in [0.05, 0.1) is 37.1 Å². The van der Waals surface area contributed by atoms with Gasteiger partial charge in [0, 0.05) is 25.3 Å². The molecule has 4 amide bonds. The number of benzene rings is 1. The van der Waals surface area contributed by atoms with Crippen LogP contribution < -0.4 is 16.0 Å². The van der Waals surface area contributed by atoms with E-state index in [4.69, 9.17) is 14.3 Å². The molecule has 16 heteroatoms. The number of hydrogen-bond donors (Lipinski definition) is 3. The van der Waals surface area contributed by atoms with Gasteiger partial charge in [0.25, 0.3) is 5.91 Å². The van der Waals surface area contributed by atoms with Crippen molar-refractivity contribution >= 4 is 35.3 Å². The Morgan fingerprint density at radius 3 is 2.34 bits per heavy atom. The van der Waals surface area contributed by atoms with Crippen LogP contribution in [0.4, 0.5) is 18.0 Å². The van der Waals surface area contributed by atoms with Gasteiger partial charge in [0.1, 0.15) is 18.2 Å². The second-order valence-corrected chi connectivity index (χ2v) is 14.5. The van der Waals surface area contributed by atoms with Gasteiger partial charge in [-0.05, 0) is 42.4 Å². The van der Waals surface area contributed by atoms with Gasteiger partial charge in [0.2, 0.25) is 17.6 Å². The van der Waals surface area contributed by atoms with Gasteiger partial charge in [-0.25, -0.2) is 4.79 Å². The number of nitrogens with zero attached hydrogens (tertiary/aromatic N) is 2. The lowest BCUT2D eigenvalue weighted by Crippen LogP contribution is -2.59. The summed E-state index contributed by atoms with van der Waals surface area (Å²) in [4.78, 5) is 74.3. The lowest BCUT2D eigenvalue weighted by molar-refractivity contribution is -0.144. The highest BCUT2D eigenvalue weighted by Gasteiger charge is 2.56. The number of likely N-dealkylation sites (tertiary alicyclic amines) is 1. The molecule has 3 N–H and O–H groups in total. The Bertz CT molecular complexity index is 1500. The minimum atomic E-state index is -4.52. The lowest BCUT2D eigenvalue weighted by atomic mass is 9.85. The molecule has 1 aromatic carbocycles. The number of halogens is 3. The topological polar surface area (TPSA) is 165 Å². The molecule has 0 unspecified atom stereocenters. The number of ether oxygens (including phenoxy) is 2. The fourth-order valence-corrected chi connectivity index (χ4v) is 6.33. The number of rotatable bonds is 11. The third-order valence-corrected chi connectivity index (χ3v) is 9.25. The van der Waals surface area contributed by atoms with E-state index in [0.717, 1.165) is 25.0 Å². The Balaban J connectivity index is 1.39. The number of alkyl halides is 3. The summed E-state index contributed by atoms with van der Waals surface area (Å²) in [5.74, 6) is -2.91. The molecule has 0 bridgehead atoms. The molecular formula is C34H44F3N5O8. The molecule has 50 heavy (non-hydrogen) atoms. The van der Waals surface area contributed by atoms with Gasteiger partial charge in [-0.2, -0.15) is 13.2 Å². The van der Waals surface area contributed by atoms with Crippen LogP contribution in [-0.2, 0) is 39.7 Å². The monoisotopic (exact) mass is 707 g/mol. The second kappa shape index (κ2) is 14.6. The number of carbonyl (C=O) groups is 5. The SMILES string of the molecule is CCC[C@H](NC(=O)[C@@H]1C[C@]2(CC(c3ccc(C(F)(F)F)cc3)=NO2)CN1C(=O)[C@@H](NC(=O)O[C@H]1CCOC1)C(C)(C)C)C(=O)C(=O)NC1CC1. The molecule has 5 atom stereocenters. The predicted octanol–water partition coefficient (Wildman–Crippen LogP) is 3.23. The summed E-state index contributed by atoms with van der Waals surface area (Å²) in [6.45, 7) is 7.52. The first-order valence-corrected chi connectivity index (χ1v) is 16.9. The Morgan fingerprint density at radius 1 is 1.06 bits per heavy atom. The quantitative estimate of drug-likeness (QED) is 0.295. The maximum absolute atomic E-state index is 14.4. The van der Waals surface area contributed by atoms with Crippen molar-refractivity contribution in [1.29, 1.82) is 0 Å². The van der Waals surface area contributed by atoms with Crippen molar-refractivity contribution in [3.8, 4) is 0 Å². The normalized spacial score (nSPS) is 24.6. The Labute approximate surface area is 288 Å². The molecule has 274 valence electrons. The molecular weight excluding hydrogens is 663 g/mol. The van der Waals surface area contributed by atoms with Crippen LogP contribution in [0.3, 0.4) is 0 Å². The first-order chi connectivity index (χ1) is 23.5. The van der Waals surface area contributed by atoms with Gasteiger partial charge in [-0.15, -0.1) is 0 Å². The zero-order valence-corrected chi connectivity index (χ0v) is 28.6. The van der Waals surface area contributed by atoms with Crippen molar-refractivity contribution in [2.24, 2.45) is 10.6 Å². The number of carbonyl (C=O) groups excluding carboxylic acids is 5. The maximum Gasteiger partial charge on any atom is 0.416 e. The number of nitrogens with one attached hydrogen (secondary N) is 3. The fourth-order valence-electron chi connectivity index (χ4n) is 6.33. The summed E-state index contributed by atoms with van der Waals surface area (Å²) < 4.78 is 50.3. The van der Waals surface area contributed by atoms with Crippen molar-refractivity contribution in [1.82, 2.24) is 20.9 Å². The maximum atomic E-state index is 14.4. The Hall–Kier alpha value is -4.21. The number of alkyl carbamates (subject to hydrolysis) is 1. The van der Waals surface area contributed by atoms with Crippen molar-refractivity contribution in [3.63, 3.8) is 0 Å². The first-order valence-electron chi connectivity index (χ1n) is 16.9. The summed E-state index contributed by atoms with van der Waals surface area (Å²) in [6.07, 6.45) is -3.15. The standard InChI is InChI=1S/C34H44F3N5O8/c1-5-6-23(26(43)29(45)38-21-11-12-21)39-28(44)25-16-33(15-24(41-50-33)19-7-9-20(10-8-19)34(35,36)37)18-42(25)30(46)27(32(2,3)4)40-31(47)49-22-13-14-48-17-22/h7-10,21-23,25,27H,5-6,11-18H2,1-4H3,(H,38,45)(H,39,44)(H,40,47)/t22-,23-,25-,27+,33+/m0/s1. The van der Waals surface area contributed by atoms with E-state index in [9.17, 15) is 37.1 Å². The third-order valence-electron chi connectivity index (χ3n) is 9.25. The molecule has 3 fully saturated rings. The molecule has 1 saturated carbocycles. The van der Waals surface area contributed by atoms with Crippen LogP contribution in [0.1, 0.15) is 83.8 Å². The van der Waals surface area contributed by atoms with E-state index >= 15 is 0 Å². The lowest BCUT2D eigenvalue weighted by Gasteiger charge is -2.35. The number of oxime groups is 1. The number of hydrogen-bond acceptors (Lipinski definition) is 9. The highest BCUT2D eigenvalue weighted by atomic mass is 19.4. The molecule has 3 aliphatic heterocycles. The molecule has 4 aliphatic rings. The van der Waals surface area contributed by atoms with Crippen LogP contribution in [0.15, 0.2) is 29.4 Å². The van der Waals surface area contributed by atoms with E-state index in [1.165, 1.54) is 17.0 Å². The number of Topliss-reactive ketones (excluding diaryl/α,β-unsaturated/α-hetero) is 1. The van der Waals surface area contributed by atoms with Crippen LogP contribution in [0, 0.1) is 5.41 Å². The van der Waals surface area contributed by atoms with E-state index in [0.29, 0.717) is 30.7 Å². The zero-order chi connectivity index (χ0) is 36.4. The van der Waals surface area contributed by atoms with Gasteiger partial charge in [-0.1, -0.05) is 51.4 Å². The van der Waals surface area contributed by atoms with Crippen LogP contribution in [0.5, 0.6) is 0 Å². The Kier molecular flexibility index (Phi) is 10.8. The van der Waals surface area contributed by atoms with E-state index < -0.39 is 76.6 Å². The van der Waals surface area contributed by atoms with Crippen molar-refractivity contribution < 1.29 is 51.5 Å². The molecule has 5 rings (SSSR count). The van der Waals surface area contributed by atoms with E-state index in [1.807, 2.05) is 0 Å². The Morgan fingerprint density at radius 2 is 1.76 bits per heavy atom. The summed E-state index contributed by atoms with van der Waals surface area (Å²) in [7, 11) is 0. The summed E-state index contributed by atoms with van der Waals surface area (Å²) in [6, 6.07) is 0.824. The van der Waals surface area contributed by atoms with E-state index in [1.54, 1.807) is 27.7 Å². The van der Waals surface area contributed by atoms with Gasteiger partial charge >= 0.3 is 12.3 Å². The molecule has 3 heterocycles.